The van der Waals surface area contributed by atoms with Gasteiger partial charge in [0.25, 0.3) is 12.1 Å². The van der Waals surface area contributed by atoms with E-state index in [1.54, 1.807) is 0 Å². The van der Waals surface area contributed by atoms with Gasteiger partial charge in [-0.15, -0.1) is 0 Å². The standard InChI is InChI=1S/C10H8F2N4O2/c11-10(12)9-8(13)5-14-15(9)6-1-3-7(4-2-6)16(17)18/h1-5,10H,13H2. The lowest BCUT2D eigenvalue weighted by atomic mass is 10.2. The number of anilines is 1. The quantitative estimate of drug-likeness (QED) is 0.672. The Morgan fingerprint density at radius 3 is 2.44 bits per heavy atom. The lowest BCUT2D eigenvalue weighted by molar-refractivity contribution is -0.384. The number of hydrogen-bond acceptors (Lipinski definition) is 4. The van der Waals surface area contributed by atoms with Crippen LogP contribution in [0.25, 0.3) is 5.69 Å². The van der Waals surface area contributed by atoms with E-state index in [-0.39, 0.29) is 17.1 Å². The molecule has 1 heterocycles. The zero-order chi connectivity index (χ0) is 13.3. The predicted molar refractivity (Wildman–Crippen MR) is 59.6 cm³/mol. The molecule has 2 aromatic rings. The summed E-state index contributed by atoms with van der Waals surface area (Å²) in [5, 5.41) is 14.2. The van der Waals surface area contributed by atoms with E-state index in [9.17, 15) is 18.9 Å². The first-order valence-electron chi connectivity index (χ1n) is 4.87. The van der Waals surface area contributed by atoms with Crippen LogP contribution in [-0.4, -0.2) is 14.7 Å². The molecular weight excluding hydrogens is 246 g/mol. The predicted octanol–water partition coefficient (Wildman–Crippen LogP) is 2.30. The van der Waals surface area contributed by atoms with Gasteiger partial charge in [-0.1, -0.05) is 0 Å². The van der Waals surface area contributed by atoms with Crippen molar-refractivity contribution in [3.8, 4) is 5.69 Å². The van der Waals surface area contributed by atoms with Gasteiger partial charge in [-0.25, -0.2) is 13.5 Å². The number of nitrogens with zero attached hydrogens (tertiary/aromatic N) is 3. The fourth-order valence-corrected chi connectivity index (χ4v) is 1.51. The summed E-state index contributed by atoms with van der Waals surface area (Å²) in [6.07, 6.45) is -1.66. The molecule has 0 atom stereocenters. The first kappa shape index (κ1) is 12.0. The molecule has 1 aromatic heterocycles. The zero-order valence-corrected chi connectivity index (χ0v) is 8.96. The number of rotatable bonds is 3. The average molecular weight is 254 g/mol. The molecule has 18 heavy (non-hydrogen) atoms. The first-order valence-corrected chi connectivity index (χ1v) is 4.87. The Hall–Kier alpha value is -2.51. The van der Waals surface area contributed by atoms with Crippen molar-refractivity contribution in [2.24, 2.45) is 0 Å². The second-order valence-electron chi connectivity index (χ2n) is 3.47. The molecule has 0 aliphatic heterocycles. The minimum absolute atomic E-state index is 0.122. The molecule has 8 heteroatoms. The van der Waals surface area contributed by atoms with Crippen LogP contribution in [0, 0.1) is 10.1 Å². The molecule has 94 valence electrons. The molecule has 0 unspecified atom stereocenters. The van der Waals surface area contributed by atoms with Gasteiger partial charge >= 0.3 is 0 Å². The van der Waals surface area contributed by atoms with Gasteiger partial charge in [0.15, 0.2) is 0 Å². The Bertz CT molecular complexity index is 580. The summed E-state index contributed by atoms with van der Waals surface area (Å²) in [5.41, 5.74) is 4.99. The number of halogens is 2. The Labute approximate surface area is 99.8 Å². The van der Waals surface area contributed by atoms with Crippen LogP contribution in [0.5, 0.6) is 0 Å². The van der Waals surface area contributed by atoms with E-state index >= 15 is 0 Å². The van der Waals surface area contributed by atoms with Gasteiger partial charge in [0, 0.05) is 12.1 Å². The molecule has 6 nitrogen and oxygen atoms in total. The van der Waals surface area contributed by atoms with Crippen LogP contribution in [0.3, 0.4) is 0 Å². The highest BCUT2D eigenvalue weighted by Gasteiger charge is 2.19. The van der Waals surface area contributed by atoms with Crippen molar-refractivity contribution in [1.82, 2.24) is 9.78 Å². The van der Waals surface area contributed by atoms with Crippen molar-refractivity contribution in [3.05, 3.63) is 46.3 Å². The molecular formula is C10H8F2N4O2. The summed E-state index contributed by atoms with van der Waals surface area (Å²) in [7, 11) is 0. The van der Waals surface area contributed by atoms with Crippen molar-refractivity contribution in [2.75, 3.05) is 5.73 Å². The molecule has 1 aromatic carbocycles. The van der Waals surface area contributed by atoms with Crippen LogP contribution >= 0.6 is 0 Å². The number of non-ortho nitro benzene ring substituents is 1. The second kappa shape index (κ2) is 4.40. The molecule has 2 rings (SSSR count). The van der Waals surface area contributed by atoms with Crippen LogP contribution < -0.4 is 5.73 Å². The molecule has 0 bridgehead atoms. The number of nitro benzene ring substituents is 1. The van der Waals surface area contributed by atoms with Crippen LogP contribution in [0.4, 0.5) is 20.2 Å². The Balaban J connectivity index is 2.46. The first-order chi connectivity index (χ1) is 8.50. The van der Waals surface area contributed by atoms with Gasteiger partial charge in [0.2, 0.25) is 0 Å². The highest BCUT2D eigenvalue weighted by Crippen LogP contribution is 2.27. The van der Waals surface area contributed by atoms with E-state index in [0.717, 1.165) is 10.9 Å². The fourth-order valence-electron chi connectivity index (χ4n) is 1.51. The Morgan fingerprint density at radius 2 is 1.94 bits per heavy atom. The van der Waals surface area contributed by atoms with Gasteiger partial charge < -0.3 is 5.73 Å². The molecule has 0 spiro atoms. The van der Waals surface area contributed by atoms with E-state index in [2.05, 4.69) is 5.10 Å². The minimum atomic E-state index is -2.78. The number of aromatic nitrogens is 2. The minimum Gasteiger partial charge on any atom is -0.396 e. The van der Waals surface area contributed by atoms with E-state index in [1.165, 1.54) is 24.3 Å². The number of nitrogen functional groups attached to an aromatic ring is 1. The van der Waals surface area contributed by atoms with E-state index < -0.39 is 17.0 Å². The van der Waals surface area contributed by atoms with Crippen molar-refractivity contribution in [2.45, 2.75) is 6.43 Å². The van der Waals surface area contributed by atoms with Crippen molar-refractivity contribution in [3.63, 3.8) is 0 Å². The third-order valence-corrected chi connectivity index (χ3v) is 2.35. The maximum absolute atomic E-state index is 12.8. The summed E-state index contributed by atoms with van der Waals surface area (Å²) in [6.45, 7) is 0. The van der Waals surface area contributed by atoms with E-state index in [4.69, 9.17) is 5.73 Å². The number of alkyl halides is 2. The molecule has 0 saturated heterocycles. The van der Waals surface area contributed by atoms with Crippen LogP contribution in [0.15, 0.2) is 30.5 Å². The average Bonchev–Trinajstić information content (AvgIpc) is 2.71. The van der Waals surface area contributed by atoms with Gasteiger partial charge in [0.05, 0.1) is 22.5 Å². The second-order valence-corrected chi connectivity index (χ2v) is 3.47. The van der Waals surface area contributed by atoms with Crippen LogP contribution in [0.2, 0.25) is 0 Å². The Morgan fingerprint density at radius 1 is 1.33 bits per heavy atom. The summed E-state index contributed by atoms with van der Waals surface area (Å²) >= 11 is 0. The third kappa shape index (κ3) is 1.99. The molecule has 0 amide bonds. The van der Waals surface area contributed by atoms with Crippen molar-refractivity contribution >= 4 is 11.4 Å². The summed E-state index contributed by atoms with van der Waals surface area (Å²) in [4.78, 5) is 9.90. The topological polar surface area (TPSA) is 87.0 Å². The van der Waals surface area contributed by atoms with Crippen LogP contribution in [0.1, 0.15) is 12.1 Å². The van der Waals surface area contributed by atoms with Gasteiger partial charge in [0.1, 0.15) is 5.69 Å². The lowest BCUT2D eigenvalue weighted by Crippen LogP contribution is -2.04. The summed E-state index contributed by atoms with van der Waals surface area (Å²) < 4.78 is 26.5. The monoisotopic (exact) mass is 254 g/mol. The number of benzene rings is 1. The number of hydrogen-bond donors (Lipinski definition) is 1. The summed E-state index contributed by atoms with van der Waals surface area (Å²) in [5.74, 6) is 0. The SMILES string of the molecule is Nc1cnn(-c2ccc([N+](=O)[O-])cc2)c1C(F)F. The molecule has 0 aliphatic carbocycles. The molecule has 0 saturated carbocycles. The molecule has 0 aliphatic rings. The zero-order valence-electron chi connectivity index (χ0n) is 8.96. The third-order valence-electron chi connectivity index (χ3n) is 2.35. The maximum atomic E-state index is 12.8. The fraction of sp³-hybridized carbons (Fsp3) is 0.100. The highest BCUT2D eigenvalue weighted by atomic mass is 19.3. The van der Waals surface area contributed by atoms with E-state index in [1.807, 2.05) is 0 Å². The number of nitro groups is 1. The normalized spacial score (nSPS) is 10.8. The van der Waals surface area contributed by atoms with Crippen molar-refractivity contribution in [1.29, 1.82) is 0 Å². The highest BCUT2D eigenvalue weighted by molar-refractivity contribution is 5.48. The lowest BCUT2D eigenvalue weighted by Gasteiger charge is -2.06. The molecule has 0 radical (unpaired) electrons. The molecule has 0 fully saturated rings. The van der Waals surface area contributed by atoms with E-state index in [0.29, 0.717) is 0 Å². The molecule has 2 N–H and O–H groups in total. The van der Waals surface area contributed by atoms with Gasteiger partial charge in [-0.05, 0) is 12.1 Å². The van der Waals surface area contributed by atoms with Crippen LogP contribution in [-0.2, 0) is 0 Å². The van der Waals surface area contributed by atoms with Gasteiger partial charge in [-0.3, -0.25) is 10.1 Å². The van der Waals surface area contributed by atoms with Gasteiger partial charge in [-0.2, -0.15) is 5.10 Å². The summed E-state index contributed by atoms with van der Waals surface area (Å²) in [6, 6.07) is 5.08. The Kier molecular flexibility index (Phi) is 2.92. The van der Waals surface area contributed by atoms with Crippen molar-refractivity contribution < 1.29 is 13.7 Å². The maximum Gasteiger partial charge on any atom is 0.282 e. The largest absolute Gasteiger partial charge is 0.396 e. The number of nitrogens with two attached hydrogens (primary N) is 1. The smallest absolute Gasteiger partial charge is 0.282 e.